The second-order valence-corrected chi connectivity index (χ2v) is 5.60. The summed E-state index contributed by atoms with van der Waals surface area (Å²) in [5.41, 5.74) is -3.46. The molecule has 0 radical (unpaired) electrons. The molecule has 0 spiro atoms. The molecule has 4 aromatic heterocycles. The lowest BCUT2D eigenvalue weighted by atomic mass is 10.1. The summed E-state index contributed by atoms with van der Waals surface area (Å²) in [6.45, 7) is 1.52. The highest BCUT2D eigenvalue weighted by Gasteiger charge is 2.39. The molecule has 0 atom stereocenters. The van der Waals surface area contributed by atoms with Crippen LogP contribution in [-0.2, 0) is 12.4 Å². The molecule has 0 amide bonds. The van der Waals surface area contributed by atoms with E-state index in [-0.39, 0.29) is 29.2 Å². The second kappa shape index (κ2) is 5.41. The van der Waals surface area contributed by atoms with Crippen molar-refractivity contribution < 1.29 is 30.8 Å². The highest BCUT2D eigenvalue weighted by atomic mass is 19.4. The van der Waals surface area contributed by atoms with E-state index in [4.69, 9.17) is 4.42 Å². The lowest BCUT2D eigenvalue weighted by Crippen LogP contribution is -2.14. The molecule has 4 heterocycles. The molecule has 0 saturated carbocycles. The number of halogens is 6. The first-order chi connectivity index (χ1) is 12.5. The normalized spacial score (nSPS) is 13.0. The van der Waals surface area contributed by atoms with Gasteiger partial charge in [0, 0.05) is 18.5 Å². The Morgan fingerprint density at radius 3 is 2.30 bits per heavy atom. The average Bonchev–Trinajstić information content (AvgIpc) is 3.17. The third-order valence-corrected chi connectivity index (χ3v) is 3.74. The Balaban J connectivity index is 2.06. The van der Waals surface area contributed by atoms with Gasteiger partial charge in [-0.15, -0.1) is 10.2 Å². The number of aryl methyl sites for hydroxylation is 1. The minimum atomic E-state index is -5.05. The zero-order valence-corrected chi connectivity index (χ0v) is 13.2. The zero-order chi connectivity index (χ0) is 19.6. The fraction of sp³-hybridized carbons (Fsp3) is 0.200. The van der Waals surface area contributed by atoms with Gasteiger partial charge in [0.25, 0.3) is 5.89 Å². The fourth-order valence-electron chi connectivity index (χ4n) is 2.61. The van der Waals surface area contributed by atoms with Crippen LogP contribution in [0.15, 0.2) is 28.8 Å². The highest BCUT2D eigenvalue weighted by molar-refractivity contribution is 5.83. The molecule has 0 unspecified atom stereocenters. The zero-order valence-electron chi connectivity index (χ0n) is 13.2. The summed E-state index contributed by atoms with van der Waals surface area (Å²) in [5.74, 6) is 0.205. The van der Waals surface area contributed by atoms with Gasteiger partial charge in [0.1, 0.15) is 22.7 Å². The Morgan fingerprint density at radius 1 is 0.963 bits per heavy atom. The Hall–Kier alpha value is -3.18. The van der Waals surface area contributed by atoms with Crippen LogP contribution in [0.5, 0.6) is 0 Å². The van der Waals surface area contributed by atoms with Gasteiger partial charge in [-0.2, -0.15) is 26.3 Å². The molecule has 0 fully saturated rings. The lowest BCUT2D eigenvalue weighted by Gasteiger charge is -2.14. The van der Waals surface area contributed by atoms with Gasteiger partial charge in [-0.3, -0.25) is 4.40 Å². The second-order valence-electron chi connectivity index (χ2n) is 5.60. The Labute approximate surface area is 145 Å². The molecule has 0 bridgehead atoms. The topological polar surface area (TPSA) is 69.1 Å². The molecule has 4 rings (SSSR count). The van der Waals surface area contributed by atoms with Crippen LogP contribution >= 0.6 is 0 Å². The van der Waals surface area contributed by atoms with Crippen LogP contribution in [0, 0.1) is 6.92 Å². The van der Waals surface area contributed by atoms with Gasteiger partial charge in [0.15, 0.2) is 0 Å². The van der Waals surface area contributed by atoms with Crippen molar-refractivity contribution >= 4 is 16.7 Å². The van der Waals surface area contributed by atoms with Crippen LogP contribution in [0.4, 0.5) is 26.3 Å². The van der Waals surface area contributed by atoms with Crippen molar-refractivity contribution in [1.29, 1.82) is 0 Å². The number of hydrogen-bond donors (Lipinski definition) is 0. The average molecular weight is 387 g/mol. The van der Waals surface area contributed by atoms with Crippen LogP contribution < -0.4 is 0 Å². The summed E-state index contributed by atoms with van der Waals surface area (Å²) in [6.07, 6.45) is -8.86. The lowest BCUT2D eigenvalue weighted by molar-refractivity contribution is -0.144. The molecular weight excluding hydrogens is 380 g/mol. The summed E-state index contributed by atoms with van der Waals surface area (Å²) >= 11 is 0. The Morgan fingerprint density at radius 2 is 1.70 bits per heavy atom. The van der Waals surface area contributed by atoms with Gasteiger partial charge in [-0.25, -0.2) is 9.97 Å². The van der Waals surface area contributed by atoms with Gasteiger partial charge in [0.2, 0.25) is 5.89 Å². The minimum Gasteiger partial charge on any atom is -0.420 e. The number of aromatic nitrogens is 5. The van der Waals surface area contributed by atoms with E-state index in [0.717, 1.165) is 10.5 Å². The van der Waals surface area contributed by atoms with Crippen LogP contribution in [-0.4, -0.2) is 24.6 Å². The first kappa shape index (κ1) is 17.2. The maximum atomic E-state index is 13.3. The van der Waals surface area contributed by atoms with E-state index >= 15 is 0 Å². The minimum absolute atomic E-state index is 0.00658. The first-order valence-electron chi connectivity index (χ1n) is 7.32. The van der Waals surface area contributed by atoms with Gasteiger partial charge in [-0.05, 0) is 18.2 Å². The molecule has 0 N–H and O–H groups in total. The Kier molecular flexibility index (Phi) is 3.45. The molecular formula is C15H7F6N5O. The third kappa shape index (κ3) is 2.86. The molecule has 0 aromatic carbocycles. The fourth-order valence-corrected chi connectivity index (χ4v) is 2.61. The van der Waals surface area contributed by atoms with E-state index in [9.17, 15) is 26.3 Å². The number of alkyl halides is 6. The number of nitrogens with zero attached hydrogens (tertiary/aromatic N) is 5. The van der Waals surface area contributed by atoms with Crippen molar-refractivity contribution in [2.75, 3.05) is 0 Å². The van der Waals surface area contributed by atoms with E-state index in [2.05, 4.69) is 20.2 Å². The molecule has 0 aliphatic heterocycles. The van der Waals surface area contributed by atoms with Crippen LogP contribution in [0.2, 0.25) is 0 Å². The highest BCUT2D eigenvalue weighted by Crippen LogP contribution is 2.38. The number of rotatable bonds is 1. The number of imidazole rings is 1. The van der Waals surface area contributed by atoms with Crippen LogP contribution in [0.3, 0.4) is 0 Å². The number of hydrogen-bond acceptors (Lipinski definition) is 5. The summed E-state index contributed by atoms with van der Waals surface area (Å²) in [4.78, 5) is 7.49. The van der Waals surface area contributed by atoms with Gasteiger partial charge in [0.05, 0.1) is 5.56 Å². The summed E-state index contributed by atoms with van der Waals surface area (Å²) < 4.78 is 85.3. The van der Waals surface area contributed by atoms with E-state index in [1.54, 1.807) is 0 Å². The summed E-state index contributed by atoms with van der Waals surface area (Å²) in [5, 5.41) is 6.85. The molecule has 140 valence electrons. The molecule has 0 aliphatic rings. The van der Waals surface area contributed by atoms with Gasteiger partial charge in [-0.1, -0.05) is 0 Å². The van der Waals surface area contributed by atoms with E-state index < -0.39 is 34.6 Å². The SMILES string of the molecule is Cc1nnc(-c2cn3c(ccc4c(C(F)(F)F)cc(C(F)(F)F)nc43)n2)o1. The number of fused-ring (bicyclic) bond motifs is 3. The molecule has 0 saturated heterocycles. The van der Waals surface area contributed by atoms with Crippen LogP contribution in [0.1, 0.15) is 17.1 Å². The van der Waals surface area contributed by atoms with Crippen molar-refractivity contribution in [1.82, 2.24) is 24.6 Å². The standard InChI is InChI=1S/C15H7F6N5O/c1-6-24-25-13(27-6)9-5-26-11(22-9)3-2-7-8(14(16,17)18)4-10(15(19,20)21)23-12(7)26/h2-5H,1H3. The van der Waals surface area contributed by atoms with Crippen molar-refractivity contribution in [3.05, 3.63) is 41.5 Å². The van der Waals surface area contributed by atoms with Gasteiger partial charge < -0.3 is 4.42 Å². The first-order valence-corrected chi connectivity index (χ1v) is 7.32. The maximum Gasteiger partial charge on any atom is 0.433 e. The molecule has 6 nitrogen and oxygen atoms in total. The largest absolute Gasteiger partial charge is 0.433 e. The summed E-state index contributed by atoms with van der Waals surface area (Å²) in [6, 6.07) is 2.25. The van der Waals surface area contributed by atoms with Gasteiger partial charge >= 0.3 is 12.4 Å². The third-order valence-electron chi connectivity index (χ3n) is 3.74. The van der Waals surface area contributed by atoms with E-state index in [1.807, 2.05) is 0 Å². The summed E-state index contributed by atoms with van der Waals surface area (Å²) in [7, 11) is 0. The molecule has 0 aliphatic carbocycles. The molecule has 27 heavy (non-hydrogen) atoms. The predicted octanol–water partition coefficient (Wildman–Crippen LogP) is 4.28. The smallest absolute Gasteiger partial charge is 0.420 e. The molecule has 12 heteroatoms. The monoisotopic (exact) mass is 387 g/mol. The van der Waals surface area contributed by atoms with Crippen molar-refractivity contribution in [2.24, 2.45) is 0 Å². The van der Waals surface area contributed by atoms with Crippen molar-refractivity contribution in [3.8, 4) is 11.6 Å². The number of pyridine rings is 2. The predicted molar refractivity (Wildman–Crippen MR) is 78.5 cm³/mol. The molecule has 4 aromatic rings. The van der Waals surface area contributed by atoms with Crippen LogP contribution in [0.25, 0.3) is 28.3 Å². The van der Waals surface area contributed by atoms with Crippen molar-refractivity contribution in [3.63, 3.8) is 0 Å². The maximum absolute atomic E-state index is 13.3. The Bertz CT molecular complexity index is 1170. The van der Waals surface area contributed by atoms with E-state index in [1.165, 1.54) is 19.2 Å². The van der Waals surface area contributed by atoms with E-state index in [0.29, 0.717) is 0 Å². The van der Waals surface area contributed by atoms with Crippen molar-refractivity contribution in [2.45, 2.75) is 19.3 Å². The quantitative estimate of drug-likeness (QED) is 0.456.